The molecule has 0 aliphatic heterocycles. The summed E-state index contributed by atoms with van der Waals surface area (Å²) in [5, 5.41) is 25.5. The molecule has 102 valence electrons. The summed E-state index contributed by atoms with van der Waals surface area (Å²) in [4.78, 5) is 48.5. The van der Waals surface area contributed by atoms with Crippen molar-refractivity contribution in [3.63, 3.8) is 0 Å². The minimum atomic E-state index is -5.36. The topological polar surface area (TPSA) is 179 Å². The largest absolute Gasteiger partial charge is 1.00 e. The molecule has 0 aliphatic carbocycles. The van der Waals surface area contributed by atoms with E-state index in [4.69, 9.17) is 25.1 Å². The predicted octanol–water partition coefficient (Wildman–Crippen LogP) is -6.90. The molecule has 5 N–H and O–H groups in total. The number of phosphoric ester groups is 1. The van der Waals surface area contributed by atoms with Crippen LogP contribution in [0.4, 0.5) is 0 Å². The Morgan fingerprint density at radius 3 is 1.47 bits per heavy atom. The van der Waals surface area contributed by atoms with Gasteiger partial charge in [0.1, 0.15) is 0 Å². The molecular formula is C6H11K2O10P. The van der Waals surface area contributed by atoms with Crippen molar-refractivity contribution in [2.24, 2.45) is 0 Å². The number of hydrogen-bond donors (Lipinski definition) is 5. The standard InChI is InChI=1S/C6H9O10P.2K.2H/c7-3(8)1-6(5(11)12,2-4(9)10)16-17(13,14)15;;;;/h1-2H2,(H,7,8)(H,9,10)(H,11,12)(H2,13,14,15);;;;/q;2*+1;2*-1. The molecule has 0 bridgehead atoms. The first-order valence-corrected chi connectivity index (χ1v) is 5.45. The Bertz CT molecular complexity index is 383. The molecule has 0 rings (SSSR count). The predicted molar refractivity (Wildman–Crippen MR) is 50.2 cm³/mol. The Morgan fingerprint density at radius 2 is 1.32 bits per heavy atom. The Hall–Kier alpha value is 1.79. The summed E-state index contributed by atoms with van der Waals surface area (Å²) >= 11 is 0. The summed E-state index contributed by atoms with van der Waals surface area (Å²) in [5.74, 6) is -5.64. The van der Waals surface area contributed by atoms with Gasteiger partial charge in [-0.15, -0.1) is 0 Å². The molecule has 0 aliphatic rings. The molecule has 0 aromatic rings. The van der Waals surface area contributed by atoms with Gasteiger partial charge in [0.05, 0.1) is 12.8 Å². The number of rotatable bonds is 7. The van der Waals surface area contributed by atoms with Crippen molar-refractivity contribution in [1.29, 1.82) is 0 Å². The Kier molecular flexibility index (Phi) is 14.2. The van der Waals surface area contributed by atoms with Crippen molar-refractivity contribution in [2.45, 2.75) is 18.4 Å². The molecule has 0 heterocycles. The summed E-state index contributed by atoms with van der Waals surface area (Å²) in [5.41, 5.74) is -3.02. The summed E-state index contributed by atoms with van der Waals surface area (Å²) < 4.78 is 14.4. The molecule has 0 aromatic carbocycles. The fourth-order valence-electron chi connectivity index (χ4n) is 1.03. The molecule has 0 aromatic heterocycles. The minimum Gasteiger partial charge on any atom is -1.00 e. The van der Waals surface area contributed by atoms with E-state index in [1.807, 2.05) is 0 Å². The van der Waals surface area contributed by atoms with Crippen LogP contribution < -0.4 is 103 Å². The number of aliphatic carboxylic acids is 3. The van der Waals surface area contributed by atoms with Crippen molar-refractivity contribution < 1.29 is 154 Å². The average Bonchev–Trinajstić information content (AvgIpc) is 1.96. The molecule has 0 spiro atoms. The second kappa shape index (κ2) is 10.5. The van der Waals surface area contributed by atoms with Crippen LogP contribution in [0.25, 0.3) is 0 Å². The van der Waals surface area contributed by atoms with Crippen LogP contribution in [0, 0.1) is 0 Å². The summed E-state index contributed by atoms with van der Waals surface area (Å²) in [6.45, 7) is 0. The van der Waals surface area contributed by atoms with Gasteiger partial charge in [0.2, 0.25) is 0 Å². The summed E-state index contributed by atoms with van der Waals surface area (Å²) in [6, 6.07) is 0. The molecule has 13 heteroatoms. The zero-order valence-electron chi connectivity index (χ0n) is 12.1. The van der Waals surface area contributed by atoms with Crippen molar-refractivity contribution >= 4 is 25.7 Å². The number of carboxylic acids is 3. The van der Waals surface area contributed by atoms with Gasteiger partial charge >= 0.3 is 128 Å². The van der Waals surface area contributed by atoms with Crippen LogP contribution in [0.15, 0.2) is 0 Å². The van der Waals surface area contributed by atoms with Crippen molar-refractivity contribution in [2.75, 3.05) is 0 Å². The van der Waals surface area contributed by atoms with Crippen LogP contribution in [-0.4, -0.2) is 48.6 Å². The molecule has 0 saturated carbocycles. The number of phosphoric acid groups is 1. The van der Waals surface area contributed by atoms with E-state index in [9.17, 15) is 18.9 Å². The van der Waals surface area contributed by atoms with Crippen molar-refractivity contribution in [1.82, 2.24) is 0 Å². The van der Waals surface area contributed by atoms with Gasteiger partial charge in [-0.2, -0.15) is 0 Å². The smallest absolute Gasteiger partial charge is 1.00 e. The molecule has 0 unspecified atom stereocenters. The number of carboxylic acid groups (broad SMARTS) is 3. The number of hydrogen-bond acceptors (Lipinski definition) is 5. The molecule has 10 nitrogen and oxygen atoms in total. The first-order chi connectivity index (χ1) is 7.48. The van der Waals surface area contributed by atoms with Crippen molar-refractivity contribution in [3.05, 3.63) is 0 Å². The van der Waals surface area contributed by atoms with E-state index in [0.717, 1.165) is 0 Å². The first-order valence-electron chi connectivity index (χ1n) is 3.92. The zero-order chi connectivity index (χ0) is 13.9. The van der Waals surface area contributed by atoms with Gasteiger partial charge in [0.25, 0.3) is 0 Å². The van der Waals surface area contributed by atoms with Crippen LogP contribution in [0.2, 0.25) is 0 Å². The zero-order valence-corrected chi connectivity index (χ0v) is 17.3. The second-order valence-corrected chi connectivity index (χ2v) is 4.19. The normalized spacial score (nSPS) is 10.8. The third kappa shape index (κ3) is 11.1. The Balaban J connectivity index is -0.000000213. The van der Waals surface area contributed by atoms with Gasteiger partial charge in [-0.05, 0) is 0 Å². The van der Waals surface area contributed by atoms with Gasteiger partial charge in [-0.25, -0.2) is 9.36 Å². The third-order valence-electron chi connectivity index (χ3n) is 1.56. The van der Waals surface area contributed by atoms with E-state index in [0.29, 0.717) is 0 Å². The van der Waals surface area contributed by atoms with Crippen LogP contribution in [0.3, 0.4) is 0 Å². The third-order valence-corrected chi connectivity index (χ3v) is 2.14. The molecule has 19 heavy (non-hydrogen) atoms. The van der Waals surface area contributed by atoms with Crippen molar-refractivity contribution in [3.8, 4) is 0 Å². The van der Waals surface area contributed by atoms with Crippen LogP contribution in [0.5, 0.6) is 0 Å². The van der Waals surface area contributed by atoms with E-state index in [1.165, 1.54) is 0 Å². The van der Waals surface area contributed by atoms with E-state index >= 15 is 0 Å². The summed E-state index contributed by atoms with van der Waals surface area (Å²) in [7, 11) is -5.36. The SMILES string of the molecule is O=C(O)CC(CC(=O)O)(OP(=O)(O)O)C(=O)O.[H-].[H-].[K+].[K+]. The molecule has 0 saturated heterocycles. The molecule has 0 radical (unpaired) electrons. The van der Waals surface area contributed by atoms with E-state index < -0.39 is 44.2 Å². The average molecular weight is 352 g/mol. The molecule has 0 atom stereocenters. The fourth-order valence-corrected chi connectivity index (χ4v) is 1.70. The fraction of sp³-hybridized carbons (Fsp3) is 0.500. The first kappa shape index (κ1) is 25.7. The quantitative estimate of drug-likeness (QED) is 0.218. The van der Waals surface area contributed by atoms with E-state index in [1.54, 1.807) is 0 Å². The van der Waals surface area contributed by atoms with Gasteiger partial charge < -0.3 is 28.0 Å². The van der Waals surface area contributed by atoms with Gasteiger partial charge in [-0.1, -0.05) is 0 Å². The molecule has 0 amide bonds. The maximum atomic E-state index is 10.8. The monoisotopic (exact) mass is 352 g/mol. The molecule has 0 fully saturated rings. The Labute approximate surface area is 194 Å². The maximum Gasteiger partial charge on any atom is 1.00 e. The Morgan fingerprint density at radius 1 is 1.00 bits per heavy atom. The van der Waals surface area contributed by atoms with Gasteiger partial charge in [0.15, 0.2) is 5.60 Å². The van der Waals surface area contributed by atoms with Gasteiger partial charge in [-0.3, -0.25) is 14.1 Å². The number of carbonyl (C=O) groups is 3. The van der Waals surface area contributed by atoms with Crippen LogP contribution in [0.1, 0.15) is 15.7 Å². The van der Waals surface area contributed by atoms with E-state index in [-0.39, 0.29) is 106 Å². The maximum absolute atomic E-state index is 10.8. The summed E-state index contributed by atoms with van der Waals surface area (Å²) in [6.07, 6.45) is -2.81. The minimum absolute atomic E-state index is 0. The molecular weight excluding hydrogens is 341 g/mol. The second-order valence-electron chi connectivity index (χ2n) is 3.02. The van der Waals surface area contributed by atoms with Crippen LogP contribution in [-0.2, 0) is 23.5 Å². The van der Waals surface area contributed by atoms with E-state index in [2.05, 4.69) is 4.52 Å². The van der Waals surface area contributed by atoms with Gasteiger partial charge in [0, 0.05) is 0 Å². The van der Waals surface area contributed by atoms with Crippen LogP contribution >= 0.6 is 7.82 Å².